The van der Waals surface area contributed by atoms with Crippen LogP contribution in [0, 0.1) is 0 Å². The molecule has 1 heterocycles. The van der Waals surface area contributed by atoms with Crippen LogP contribution in [0.3, 0.4) is 0 Å². The standard InChI is InChI=1S/C18H25N3O3/c22-17(21-10-12-24-13-11-21)15-8-4-5-9-16(15)20-18(23)19-14-6-2-1-3-7-14/h4-5,8-9,14H,1-3,6-7,10-13H2,(H2,19,20,23). The molecule has 0 aromatic heterocycles. The Morgan fingerprint density at radius 2 is 1.75 bits per heavy atom. The van der Waals surface area contributed by atoms with Crippen molar-refractivity contribution in [2.75, 3.05) is 31.6 Å². The fourth-order valence-corrected chi connectivity index (χ4v) is 3.31. The molecule has 6 heteroatoms. The highest BCUT2D eigenvalue weighted by Gasteiger charge is 2.22. The average molecular weight is 331 g/mol. The van der Waals surface area contributed by atoms with Gasteiger partial charge in [0.05, 0.1) is 24.5 Å². The van der Waals surface area contributed by atoms with Crippen LogP contribution in [0.25, 0.3) is 0 Å². The van der Waals surface area contributed by atoms with Gasteiger partial charge in [-0.2, -0.15) is 0 Å². The molecule has 3 rings (SSSR count). The SMILES string of the molecule is O=C(Nc1ccccc1C(=O)N1CCOCC1)NC1CCCCC1. The molecule has 1 aliphatic carbocycles. The molecule has 24 heavy (non-hydrogen) atoms. The number of anilines is 1. The summed E-state index contributed by atoms with van der Waals surface area (Å²) >= 11 is 0. The number of amides is 3. The summed E-state index contributed by atoms with van der Waals surface area (Å²) in [5.41, 5.74) is 1.08. The van der Waals surface area contributed by atoms with Gasteiger partial charge in [-0.3, -0.25) is 4.79 Å². The lowest BCUT2D eigenvalue weighted by Gasteiger charge is -2.28. The maximum Gasteiger partial charge on any atom is 0.319 e. The predicted molar refractivity (Wildman–Crippen MR) is 92.2 cm³/mol. The molecule has 0 radical (unpaired) electrons. The van der Waals surface area contributed by atoms with E-state index in [2.05, 4.69) is 10.6 Å². The molecular weight excluding hydrogens is 306 g/mol. The Hall–Kier alpha value is -2.08. The number of nitrogens with zero attached hydrogens (tertiary/aromatic N) is 1. The number of hydrogen-bond acceptors (Lipinski definition) is 3. The maximum absolute atomic E-state index is 12.7. The zero-order chi connectivity index (χ0) is 16.8. The Labute approximate surface area is 142 Å². The first-order valence-electron chi connectivity index (χ1n) is 8.77. The molecule has 1 aromatic carbocycles. The van der Waals surface area contributed by atoms with Crippen LogP contribution >= 0.6 is 0 Å². The van der Waals surface area contributed by atoms with Gasteiger partial charge in [0.2, 0.25) is 0 Å². The molecule has 1 aliphatic heterocycles. The van der Waals surface area contributed by atoms with Crippen molar-refractivity contribution in [2.45, 2.75) is 38.1 Å². The second-order valence-electron chi connectivity index (χ2n) is 6.38. The third-order valence-electron chi connectivity index (χ3n) is 4.64. The molecule has 2 N–H and O–H groups in total. The van der Waals surface area contributed by atoms with Gasteiger partial charge in [-0.15, -0.1) is 0 Å². The summed E-state index contributed by atoms with van der Waals surface area (Å²) in [6, 6.07) is 7.18. The van der Waals surface area contributed by atoms with Crippen molar-refractivity contribution in [3.05, 3.63) is 29.8 Å². The molecule has 0 atom stereocenters. The summed E-state index contributed by atoms with van der Waals surface area (Å²) < 4.78 is 5.29. The van der Waals surface area contributed by atoms with E-state index in [4.69, 9.17) is 4.74 Å². The van der Waals surface area contributed by atoms with Crippen LogP contribution < -0.4 is 10.6 Å². The van der Waals surface area contributed by atoms with Crippen molar-refractivity contribution >= 4 is 17.6 Å². The first-order valence-corrected chi connectivity index (χ1v) is 8.77. The number of para-hydroxylation sites is 1. The normalized spacial score (nSPS) is 18.9. The van der Waals surface area contributed by atoms with Gasteiger partial charge in [-0.25, -0.2) is 4.79 Å². The van der Waals surface area contributed by atoms with E-state index in [0.29, 0.717) is 37.6 Å². The minimum Gasteiger partial charge on any atom is -0.378 e. The molecule has 6 nitrogen and oxygen atoms in total. The molecule has 2 aliphatic rings. The third kappa shape index (κ3) is 4.26. The van der Waals surface area contributed by atoms with E-state index < -0.39 is 0 Å². The second kappa shape index (κ2) is 8.15. The van der Waals surface area contributed by atoms with Gasteiger partial charge in [-0.1, -0.05) is 31.4 Å². The quantitative estimate of drug-likeness (QED) is 0.894. The number of rotatable bonds is 3. The molecule has 1 saturated carbocycles. The summed E-state index contributed by atoms with van der Waals surface area (Å²) in [6.45, 7) is 2.29. The van der Waals surface area contributed by atoms with Gasteiger partial charge in [0.15, 0.2) is 0 Å². The summed E-state index contributed by atoms with van der Waals surface area (Å²) in [4.78, 5) is 26.7. The van der Waals surface area contributed by atoms with E-state index >= 15 is 0 Å². The lowest BCUT2D eigenvalue weighted by atomic mass is 9.96. The molecule has 0 unspecified atom stereocenters. The molecule has 1 saturated heterocycles. The highest BCUT2D eigenvalue weighted by atomic mass is 16.5. The number of nitrogens with one attached hydrogen (secondary N) is 2. The van der Waals surface area contributed by atoms with E-state index in [9.17, 15) is 9.59 Å². The highest BCUT2D eigenvalue weighted by molar-refractivity contribution is 6.03. The van der Waals surface area contributed by atoms with Gasteiger partial charge >= 0.3 is 6.03 Å². The van der Waals surface area contributed by atoms with E-state index in [1.807, 2.05) is 12.1 Å². The highest BCUT2D eigenvalue weighted by Crippen LogP contribution is 2.20. The lowest BCUT2D eigenvalue weighted by Crippen LogP contribution is -2.42. The van der Waals surface area contributed by atoms with Crippen molar-refractivity contribution in [3.8, 4) is 0 Å². The number of carbonyl (C=O) groups is 2. The molecule has 2 fully saturated rings. The molecule has 3 amide bonds. The van der Waals surface area contributed by atoms with Gasteiger partial charge in [0.25, 0.3) is 5.91 Å². The summed E-state index contributed by atoms with van der Waals surface area (Å²) in [6.07, 6.45) is 5.63. The Morgan fingerprint density at radius 3 is 2.50 bits per heavy atom. The van der Waals surface area contributed by atoms with Crippen LogP contribution in [0.15, 0.2) is 24.3 Å². The average Bonchev–Trinajstić information content (AvgIpc) is 2.63. The Kier molecular flexibility index (Phi) is 5.69. The van der Waals surface area contributed by atoms with Crippen LogP contribution in [0.5, 0.6) is 0 Å². The van der Waals surface area contributed by atoms with Crippen molar-refractivity contribution in [2.24, 2.45) is 0 Å². The van der Waals surface area contributed by atoms with Gasteiger partial charge < -0.3 is 20.3 Å². The minimum atomic E-state index is -0.232. The van der Waals surface area contributed by atoms with Gasteiger partial charge in [-0.05, 0) is 25.0 Å². The number of urea groups is 1. The second-order valence-corrected chi connectivity index (χ2v) is 6.38. The number of hydrogen-bond donors (Lipinski definition) is 2. The topological polar surface area (TPSA) is 70.7 Å². The van der Waals surface area contributed by atoms with E-state index in [1.165, 1.54) is 6.42 Å². The van der Waals surface area contributed by atoms with E-state index in [1.54, 1.807) is 17.0 Å². The number of morpholine rings is 1. The first-order chi connectivity index (χ1) is 11.7. The largest absolute Gasteiger partial charge is 0.378 e. The van der Waals surface area contributed by atoms with Crippen molar-refractivity contribution in [3.63, 3.8) is 0 Å². The molecule has 130 valence electrons. The van der Waals surface area contributed by atoms with Crippen LogP contribution in [-0.2, 0) is 4.74 Å². The molecule has 1 aromatic rings. The fraction of sp³-hybridized carbons (Fsp3) is 0.556. The Morgan fingerprint density at radius 1 is 1.04 bits per heavy atom. The zero-order valence-electron chi connectivity index (χ0n) is 13.9. The number of benzene rings is 1. The Balaban J connectivity index is 1.64. The smallest absolute Gasteiger partial charge is 0.319 e. The predicted octanol–water partition coefficient (Wildman–Crippen LogP) is 2.61. The van der Waals surface area contributed by atoms with Crippen molar-refractivity contribution in [1.29, 1.82) is 0 Å². The summed E-state index contributed by atoms with van der Waals surface area (Å²) in [5.74, 6) is -0.0631. The van der Waals surface area contributed by atoms with Crippen LogP contribution in [0.4, 0.5) is 10.5 Å². The van der Waals surface area contributed by atoms with Gasteiger partial charge in [0.1, 0.15) is 0 Å². The van der Waals surface area contributed by atoms with Crippen LogP contribution in [0.1, 0.15) is 42.5 Å². The van der Waals surface area contributed by atoms with E-state index in [-0.39, 0.29) is 18.0 Å². The first kappa shape index (κ1) is 16.8. The van der Waals surface area contributed by atoms with Gasteiger partial charge in [0, 0.05) is 19.1 Å². The summed E-state index contributed by atoms with van der Waals surface area (Å²) in [5, 5.41) is 5.87. The zero-order valence-corrected chi connectivity index (χ0v) is 13.9. The fourth-order valence-electron chi connectivity index (χ4n) is 3.31. The maximum atomic E-state index is 12.7. The van der Waals surface area contributed by atoms with E-state index in [0.717, 1.165) is 25.7 Å². The number of carbonyl (C=O) groups excluding carboxylic acids is 2. The van der Waals surface area contributed by atoms with Crippen molar-refractivity contribution in [1.82, 2.24) is 10.2 Å². The van der Waals surface area contributed by atoms with Crippen LogP contribution in [-0.4, -0.2) is 49.2 Å². The van der Waals surface area contributed by atoms with Crippen molar-refractivity contribution < 1.29 is 14.3 Å². The molecule has 0 bridgehead atoms. The lowest BCUT2D eigenvalue weighted by molar-refractivity contribution is 0.0303. The molecular formula is C18H25N3O3. The third-order valence-corrected chi connectivity index (χ3v) is 4.64. The minimum absolute atomic E-state index is 0.0631. The monoisotopic (exact) mass is 331 g/mol. The molecule has 0 spiro atoms. The Bertz CT molecular complexity index is 579. The summed E-state index contributed by atoms with van der Waals surface area (Å²) in [7, 11) is 0. The number of ether oxygens (including phenoxy) is 1. The van der Waals surface area contributed by atoms with Crippen LogP contribution in [0.2, 0.25) is 0 Å².